The molecular formula is C15H20N2OS. The molecule has 1 heterocycles. The van der Waals surface area contributed by atoms with E-state index in [0.717, 1.165) is 22.5 Å². The van der Waals surface area contributed by atoms with Gasteiger partial charge in [-0.05, 0) is 57.0 Å². The summed E-state index contributed by atoms with van der Waals surface area (Å²) < 4.78 is 8.84. The molecule has 1 aromatic heterocycles. The molecule has 0 spiro atoms. The average Bonchev–Trinajstić information content (AvgIpc) is 2.68. The lowest BCUT2D eigenvalue weighted by Crippen LogP contribution is -2.39. The first-order chi connectivity index (χ1) is 9.22. The van der Waals surface area contributed by atoms with E-state index in [2.05, 4.69) is 28.6 Å². The molecule has 2 aromatic rings. The third-order valence-electron chi connectivity index (χ3n) is 4.40. The molecule has 102 valence electrons. The van der Waals surface area contributed by atoms with Crippen LogP contribution < -0.4 is 4.74 Å². The van der Waals surface area contributed by atoms with E-state index in [-0.39, 0.29) is 5.54 Å². The number of fused-ring (bicyclic) bond motifs is 1. The molecule has 3 nitrogen and oxygen atoms in total. The Bertz CT molecular complexity index is 646. The fourth-order valence-corrected chi connectivity index (χ4v) is 3.56. The predicted molar refractivity (Wildman–Crippen MR) is 80.4 cm³/mol. The van der Waals surface area contributed by atoms with Gasteiger partial charge in [0.15, 0.2) is 4.77 Å². The Kier molecular flexibility index (Phi) is 3.13. The number of H-pyrrole nitrogens is 1. The number of aromatic nitrogens is 2. The van der Waals surface area contributed by atoms with Crippen molar-refractivity contribution in [3.05, 3.63) is 23.0 Å². The summed E-state index contributed by atoms with van der Waals surface area (Å²) >= 11 is 5.56. The van der Waals surface area contributed by atoms with Crippen LogP contribution in [0.2, 0.25) is 0 Å². The van der Waals surface area contributed by atoms with Gasteiger partial charge < -0.3 is 14.3 Å². The molecule has 0 atom stereocenters. The van der Waals surface area contributed by atoms with E-state index in [1.54, 1.807) is 0 Å². The van der Waals surface area contributed by atoms with Gasteiger partial charge in [0.1, 0.15) is 11.3 Å². The molecule has 3 rings (SSSR count). The Morgan fingerprint density at radius 2 is 2.16 bits per heavy atom. The number of para-hydroxylation sites is 1. The predicted octanol–water partition coefficient (Wildman–Crippen LogP) is 4.39. The molecule has 1 aliphatic carbocycles. The Morgan fingerprint density at radius 3 is 2.74 bits per heavy atom. The van der Waals surface area contributed by atoms with Crippen LogP contribution in [0, 0.1) is 4.77 Å². The van der Waals surface area contributed by atoms with Gasteiger partial charge >= 0.3 is 0 Å². The smallest absolute Gasteiger partial charge is 0.178 e. The van der Waals surface area contributed by atoms with E-state index < -0.39 is 0 Å². The van der Waals surface area contributed by atoms with E-state index in [0.29, 0.717) is 6.61 Å². The summed E-state index contributed by atoms with van der Waals surface area (Å²) in [4.78, 5) is 3.34. The number of benzene rings is 1. The van der Waals surface area contributed by atoms with Crippen molar-refractivity contribution < 1.29 is 4.74 Å². The second-order valence-corrected chi connectivity index (χ2v) is 5.67. The number of hydrogen-bond donors (Lipinski definition) is 1. The van der Waals surface area contributed by atoms with Gasteiger partial charge in [-0.3, -0.25) is 0 Å². The molecule has 0 radical (unpaired) electrons. The number of nitrogens with one attached hydrogen (secondary N) is 1. The zero-order chi connectivity index (χ0) is 13.5. The van der Waals surface area contributed by atoms with E-state index in [4.69, 9.17) is 17.0 Å². The first kappa shape index (κ1) is 12.7. The summed E-state index contributed by atoms with van der Waals surface area (Å²) in [6, 6.07) is 6.19. The van der Waals surface area contributed by atoms with Crippen LogP contribution in [0.1, 0.15) is 39.5 Å². The highest BCUT2D eigenvalue weighted by molar-refractivity contribution is 7.71. The highest BCUT2D eigenvalue weighted by atomic mass is 32.1. The quantitative estimate of drug-likeness (QED) is 0.839. The van der Waals surface area contributed by atoms with Crippen LogP contribution in [0.15, 0.2) is 18.2 Å². The molecule has 0 aliphatic heterocycles. The number of rotatable bonds is 4. The minimum atomic E-state index is 0.222. The lowest BCUT2D eigenvalue weighted by atomic mass is 9.74. The third kappa shape index (κ3) is 1.81. The number of aromatic amines is 1. The zero-order valence-corrected chi connectivity index (χ0v) is 12.3. The molecule has 1 N–H and O–H groups in total. The number of imidazole rings is 1. The molecular weight excluding hydrogens is 256 g/mol. The molecule has 0 bridgehead atoms. The van der Waals surface area contributed by atoms with Crippen molar-refractivity contribution in [1.29, 1.82) is 0 Å². The van der Waals surface area contributed by atoms with Gasteiger partial charge in [0.2, 0.25) is 0 Å². The highest BCUT2D eigenvalue weighted by Crippen LogP contribution is 2.44. The lowest BCUT2D eigenvalue weighted by molar-refractivity contribution is 0.140. The third-order valence-corrected chi connectivity index (χ3v) is 4.68. The summed E-state index contributed by atoms with van der Waals surface area (Å²) in [5, 5.41) is 0. The Hall–Kier alpha value is -1.29. The summed E-state index contributed by atoms with van der Waals surface area (Å²) in [6.07, 6.45) is 4.88. The standard InChI is InChI=1S/C15H20N2OS/c1-3-15(9-6-10-15)17-11-7-5-8-12(18-4-2)13(11)16-14(17)19/h5,7-8H,3-4,6,9-10H2,1-2H3,(H,16,19). The van der Waals surface area contributed by atoms with E-state index >= 15 is 0 Å². The molecule has 19 heavy (non-hydrogen) atoms. The second kappa shape index (κ2) is 4.67. The summed E-state index contributed by atoms with van der Waals surface area (Å²) in [5.74, 6) is 0.899. The summed E-state index contributed by atoms with van der Waals surface area (Å²) in [5.41, 5.74) is 2.44. The fraction of sp³-hybridized carbons (Fsp3) is 0.533. The molecule has 1 saturated carbocycles. The second-order valence-electron chi connectivity index (χ2n) is 5.28. The number of hydrogen-bond acceptors (Lipinski definition) is 2. The van der Waals surface area contributed by atoms with Crippen molar-refractivity contribution in [2.45, 2.75) is 45.1 Å². The molecule has 1 aromatic carbocycles. The Balaban J connectivity index is 2.23. The van der Waals surface area contributed by atoms with Crippen LogP contribution in [0.25, 0.3) is 11.0 Å². The maximum atomic E-state index is 5.69. The number of ether oxygens (including phenoxy) is 1. The van der Waals surface area contributed by atoms with Crippen molar-refractivity contribution in [2.24, 2.45) is 0 Å². The van der Waals surface area contributed by atoms with Gasteiger partial charge in [0.05, 0.1) is 12.1 Å². The van der Waals surface area contributed by atoms with E-state index in [1.165, 1.54) is 24.8 Å². The normalized spacial score (nSPS) is 17.4. The maximum absolute atomic E-state index is 5.69. The minimum Gasteiger partial charge on any atom is -0.492 e. The molecule has 0 saturated heterocycles. The molecule has 1 aliphatic rings. The Labute approximate surface area is 118 Å². The first-order valence-electron chi connectivity index (χ1n) is 7.09. The van der Waals surface area contributed by atoms with Crippen molar-refractivity contribution in [3.63, 3.8) is 0 Å². The van der Waals surface area contributed by atoms with Gasteiger partial charge in [-0.25, -0.2) is 0 Å². The van der Waals surface area contributed by atoms with Crippen LogP contribution in [-0.4, -0.2) is 16.2 Å². The number of nitrogens with zero attached hydrogens (tertiary/aromatic N) is 1. The molecule has 1 fully saturated rings. The first-order valence-corrected chi connectivity index (χ1v) is 7.49. The van der Waals surface area contributed by atoms with E-state index in [1.807, 2.05) is 13.0 Å². The SMILES string of the molecule is CCOc1cccc2c1[nH]c(=S)n2C1(CC)CCC1. The van der Waals surface area contributed by atoms with Crippen molar-refractivity contribution in [1.82, 2.24) is 9.55 Å². The van der Waals surface area contributed by atoms with E-state index in [9.17, 15) is 0 Å². The van der Waals surface area contributed by atoms with Gasteiger partial charge in [0, 0.05) is 5.54 Å². The lowest BCUT2D eigenvalue weighted by Gasteiger charge is -2.43. The van der Waals surface area contributed by atoms with Crippen molar-refractivity contribution in [2.75, 3.05) is 6.61 Å². The molecule has 0 amide bonds. The Morgan fingerprint density at radius 1 is 1.37 bits per heavy atom. The topological polar surface area (TPSA) is 29.9 Å². The summed E-state index contributed by atoms with van der Waals surface area (Å²) in [6.45, 7) is 4.93. The molecule has 0 unspecified atom stereocenters. The van der Waals surface area contributed by atoms with Crippen LogP contribution in [0.3, 0.4) is 0 Å². The van der Waals surface area contributed by atoms with Crippen molar-refractivity contribution in [3.8, 4) is 5.75 Å². The fourth-order valence-electron chi connectivity index (χ4n) is 3.17. The van der Waals surface area contributed by atoms with Gasteiger partial charge in [-0.15, -0.1) is 0 Å². The largest absolute Gasteiger partial charge is 0.492 e. The van der Waals surface area contributed by atoms with Crippen molar-refractivity contribution >= 4 is 23.3 Å². The minimum absolute atomic E-state index is 0.222. The zero-order valence-electron chi connectivity index (χ0n) is 11.5. The highest BCUT2D eigenvalue weighted by Gasteiger charge is 2.38. The van der Waals surface area contributed by atoms with Crippen LogP contribution in [0.4, 0.5) is 0 Å². The average molecular weight is 276 g/mol. The maximum Gasteiger partial charge on any atom is 0.178 e. The van der Waals surface area contributed by atoms with Gasteiger partial charge in [-0.1, -0.05) is 13.0 Å². The van der Waals surface area contributed by atoms with Crippen LogP contribution in [-0.2, 0) is 5.54 Å². The van der Waals surface area contributed by atoms with Crippen LogP contribution >= 0.6 is 12.2 Å². The van der Waals surface area contributed by atoms with Gasteiger partial charge in [-0.2, -0.15) is 0 Å². The van der Waals surface area contributed by atoms with Crippen LogP contribution in [0.5, 0.6) is 5.75 Å². The molecule has 4 heteroatoms. The monoisotopic (exact) mass is 276 g/mol. The summed E-state index contributed by atoms with van der Waals surface area (Å²) in [7, 11) is 0. The van der Waals surface area contributed by atoms with Gasteiger partial charge in [0.25, 0.3) is 0 Å².